The number of carbonyl (C=O) groups excluding carboxylic acids is 10. The van der Waals surface area contributed by atoms with Gasteiger partial charge in [-0.25, -0.2) is 24.4 Å². The molecule has 12 atom stereocenters. The van der Waals surface area contributed by atoms with E-state index in [-0.39, 0.29) is 123 Å². The van der Waals surface area contributed by atoms with Gasteiger partial charge in [-0.15, -0.1) is 0 Å². The number of nitrogen functional groups attached to an aromatic ring is 1. The summed E-state index contributed by atoms with van der Waals surface area (Å²) in [6.45, 7) is 7.66. The lowest BCUT2D eigenvalue weighted by molar-refractivity contribution is -0.346. The Labute approximate surface area is 647 Å². The zero-order chi connectivity index (χ0) is 81.4. The van der Waals surface area contributed by atoms with Gasteiger partial charge in [0.1, 0.15) is 36.1 Å². The summed E-state index contributed by atoms with van der Waals surface area (Å²) in [7, 11) is 0. The van der Waals surface area contributed by atoms with Crippen LogP contribution in [0, 0.1) is 16.7 Å². The third kappa shape index (κ3) is 19.7. The third-order valence-corrected chi connectivity index (χ3v) is 20.5. The number of rotatable bonds is 36. The van der Waals surface area contributed by atoms with Gasteiger partial charge in [0.15, 0.2) is 34.8 Å². The molecular formula is C78H91N11O24. The predicted molar refractivity (Wildman–Crippen MR) is 397 cm³/mol. The number of nitrogens with zero attached hydrogens (tertiary/aromatic N) is 3. The Morgan fingerprint density at radius 2 is 1.31 bits per heavy atom. The number of anilines is 2. The number of Topliss-reactive ketones (excluding diaryl/α,β-unsaturated/α-hetero) is 1. The van der Waals surface area contributed by atoms with Crippen molar-refractivity contribution in [3.05, 3.63) is 171 Å². The molecule has 0 spiro atoms. The second kappa shape index (κ2) is 37.2. The lowest BCUT2D eigenvalue weighted by Crippen LogP contribution is -2.82. The van der Waals surface area contributed by atoms with Crippen molar-refractivity contribution in [2.45, 2.75) is 134 Å². The average Bonchev–Trinajstić information content (AvgIpc) is 0.666. The molecule has 35 heteroatoms. The van der Waals surface area contributed by atoms with Crippen molar-refractivity contribution in [3.63, 3.8) is 0 Å². The van der Waals surface area contributed by atoms with Gasteiger partial charge >= 0.3 is 35.8 Å². The molecule has 602 valence electrons. The molecule has 6 aromatic rings. The molecular weight excluding hydrogens is 1470 g/mol. The normalized spacial score (nSPS) is 22.8. The number of carboxylic acids is 1. The molecule has 10 rings (SSSR count). The number of aromatic amines is 1. The number of carboxylic acid groups (broad SMARTS) is 1. The predicted octanol–water partition coefficient (Wildman–Crippen LogP) is 2.04. The molecule has 113 heavy (non-hydrogen) atoms. The molecule has 4 aromatic carbocycles. The summed E-state index contributed by atoms with van der Waals surface area (Å²) in [6.07, 6.45) is -10.6. The first-order valence-corrected chi connectivity index (χ1v) is 36.5. The molecule has 1 saturated heterocycles. The summed E-state index contributed by atoms with van der Waals surface area (Å²) in [5.74, 6) is -11.7. The summed E-state index contributed by atoms with van der Waals surface area (Å²) in [6, 6.07) is 27.1. The molecule has 3 fully saturated rings. The SMILES string of the molecule is CC(=O)O[C@H]1C(=O)[C@@]2(C)C([C@H](OC(=O)c3ccccc3)[C@]3(O)C[C@H](OC(=O)[C@H](O)[C@@H](NC(=O)c4ccccc4)c4ccccc4)C(C)=C1C3(C)C)[C@]1(OC(C)=O)CO[C@@H]1C[C@@H]2OC(=O)CNCC(=O)NCCOCCOCCOCCNC(=O)CC[C@H](NC(=O)c1ccc(NCc2cnc3nc(N)[nH]c(=O)c3n2)cc1)C(=O)O. The van der Waals surface area contributed by atoms with Gasteiger partial charge in [0.2, 0.25) is 17.8 Å². The second-order valence-corrected chi connectivity index (χ2v) is 28.3. The van der Waals surface area contributed by atoms with Crippen LogP contribution in [0.25, 0.3) is 11.2 Å². The summed E-state index contributed by atoms with van der Waals surface area (Å²) in [5, 5.41) is 52.3. The highest BCUT2D eigenvalue weighted by atomic mass is 16.6. The van der Waals surface area contributed by atoms with E-state index >= 15 is 4.79 Å². The average molecular weight is 1570 g/mol. The van der Waals surface area contributed by atoms with Crippen molar-refractivity contribution >= 4 is 88.0 Å². The second-order valence-electron chi connectivity index (χ2n) is 28.3. The number of amides is 4. The van der Waals surface area contributed by atoms with E-state index in [0.29, 0.717) is 16.9 Å². The first-order valence-electron chi connectivity index (χ1n) is 36.5. The molecule has 12 N–H and O–H groups in total. The van der Waals surface area contributed by atoms with Crippen molar-refractivity contribution in [2.75, 3.05) is 83.5 Å². The van der Waals surface area contributed by atoms with Crippen molar-refractivity contribution in [1.29, 1.82) is 0 Å². The third-order valence-electron chi connectivity index (χ3n) is 20.5. The van der Waals surface area contributed by atoms with Gasteiger partial charge in [-0.05, 0) is 85.5 Å². The summed E-state index contributed by atoms with van der Waals surface area (Å²) >= 11 is 0. The van der Waals surface area contributed by atoms with Gasteiger partial charge < -0.3 is 90.3 Å². The monoisotopic (exact) mass is 1570 g/mol. The topological polar surface area (TPSA) is 501 Å². The van der Waals surface area contributed by atoms with E-state index in [0.717, 1.165) is 13.8 Å². The number of carbonyl (C=O) groups is 11. The van der Waals surface area contributed by atoms with Crippen LogP contribution in [0.15, 0.2) is 137 Å². The Hall–Kier alpha value is -11.5. The maximum absolute atomic E-state index is 16.4. The standard InChI is InChI=1S/C78H91N11O24/c1-43-53(110-73(103)62(95)60(46-16-10-7-11-17-46)87-69(98)47-18-12-8-13-19-47)37-78(104)66(112-72(102)49-20-14-9-15-21-49)64-76(6,65(96)63(109-44(2)90)59(43)75(78,4)5)54(36-55-77(64,42-108-55)113-45(3)91)111-58(94)41-80-40-57(93)82-29-31-106-33-35-107-34-32-105-30-28-81-56(92)27-26-52(71(100)101)86-68(97)48-22-24-50(25-23-48)83-38-51-39-84-67-61(85-51)70(99)89-74(79)88-67/h7-25,39,52-55,60,62-64,66,80,83,95,104H,26-38,40-42H2,1-6H3,(H,81,92)(H,82,93)(H,86,97)(H,87,98)(H,100,101)(H3,79,84,88,89,99)/t52-,53-,54-,55+,60-,62+,63+,64?,66-,76+,77-,78+/m0/s1. The Bertz CT molecular complexity index is 4570. The van der Waals surface area contributed by atoms with Crippen LogP contribution < -0.4 is 43.2 Å². The van der Waals surface area contributed by atoms with Crippen LogP contribution in [0.1, 0.15) is 116 Å². The number of aliphatic carboxylic acids is 1. The van der Waals surface area contributed by atoms with Crippen LogP contribution in [0.2, 0.25) is 0 Å². The van der Waals surface area contributed by atoms with E-state index in [1.54, 1.807) is 78.9 Å². The van der Waals surface area contributed by atoms with Gasteiger partial charge in [0.25, 0.3) is 17.4 Å². The van der Waals surface area contributed by atoms with Crippen LogP contribution in [0.3, 0.4) is 0 Å². The number of nitrogens with two attached hydrogens (primary N) is 1. The maximum Gasteiger partial charge on any atom is 0.338 e. The fourth-order valence-corrected chi connectivity index (χ4v) is 14.8. The van der Waals surface area contributed by atoms with Gasteiger partial charge in [-0.3, -0.25) is 53.5 Å². The lowest BCUT2D eigenvalue weighted by atomic mass is 9.44. The Balaban J connectivity index is 0.696. The first-order chi connectivity index (χ1) is 53.9. The smallest absolute Gasteiger partial charge is 0.338 e. The zero-order valence-electron chi connectivity index (χ0n) is 62.9. The molecule has 3 heterocycles. The number of aliphatic hydroxyl groups is 2. The first kappa shape index (κ1) is 84.0. The maximum atomic E-state index is 16.4. The number of fused-ring (bicyclic) bond motifs is 6. The minimum atomic E-state index is -2.57. The fraction of sp³-hybridized carbons (Fsp3) is 0.449. The number of H-pyrrole nitrogens is 1. The minimum absolute atomic E-state index is 0.0182. The van der Waals surface area contributed by atoms with Gasteiger partial charge in [0.05, 0.1) is 101 Å². The number of esters is 5. The zero-order valence-corrected chi connectivity index (χ0v) is 62.9. The molecule has 4 amide bonds. The number of hydrogen-bond donors (Lipinski definition) is 11. The van der Waals surface area contributed by atoms with Gasteiger partial charge in [-0.1, -0.05) is 80.6 Å². The minimum Gasteiger partial charge on any atom is -0.480 e. The highest BCUT2D eigenvalue weighted by Gasteiger charge is 2.79. The number of aliphatic hydroxyl groups excluding tert-OH is 1. The van der Waals surface area contributed by atoms with Crippen molar-refractivity contribution < 1.29 is 111 Å². The Morgan fingerprint density at radius 3 is 1.92 bits per heavy atom. The van der Waals surface area contributed by atoms with E-state index in [1.807, 2.05) is 0 Å². The van der Waals surface area contributed by atoms with Crippen molar-refractivity contribution in [1.82, 2.24) is 46.5 Å². The summed E-state index contributed by atoms with van der Waals surface area (Å²) in [5.41, 5.74) is -1.87. The van der Waals surface area contributed by atoms with Crippen molar-refractivity contribution in [2.24, 2.45) is 16.7 Å². The van der Waals surface area contributed by atoms with E-state index in [4.69, 9.17) is 48.4 Å². The molecule has 3 aliphatic carbocycles. The highest BCUT2D eigenvalue weighted by molar-refractivity contribution is 5.98. The van der Waals surface area contributed by atoms with Crippen LogP contribution in [-0.2, 0) is 87.5 Å². The summed E-state index contributed by atoms with van der Waals surface area (Å²) < 4.78 is 54.0. The van der Waals surface area contributed by atoms with E-state index in [2.05, 4.69) is 51.8 Å². The summed E-state index contributed by atoms with van der Waals surface area (Å²) in [4.78, 5) is 178. The number of ether oxygens (including phenoxy) is 9. The molecule has 2 bridgehead atoms. The number of ketones is 1. The number of hydrogen-bond acceptors (Lipinski definition) is 29. The van der Waals surface area contributed by atoms with Crippen LogP contribution >= 0.6 is 0 Å². The molecule has 35 nitrogen and oxygen atoms in total. The molecule has 2 aromatic heterocycles. The fourth-order valence-electron chi connectivity index (χ4n) is 14.8. The van der Waals surface area contributed by atoms with Crippen LogP contribution in [-0.4, -0.2) is 227 Å². The highest BCUT2D eigenvalue weighted by Crippen LogP contribution is 2.65. The van der Waals surface area contributed by atoms with E-state index in [9.17, 15) is 68.1 Å². The molecule has 2 saturated carbocycles. The molecule has 0 radical (unpaired) electrons. The number of benzene rings is 4. The van der Waals surface area contributed by atoms with E-state index < -0.39 is 174 Å². The quantitative estimate of drug-likeness (QED) is 0.0116. The Morgan fingerprint density at radius 1 is 0.708 bits per heavy atom. The largest absolute Gasteiger partial charge is 0.480 e. The van der Waals surface area contributed by atoms with Crippen LogP contribution in [0.5, 0.6) is 0 Å². The number of aromatic nitrogens is 4. The Kier molecular flexibility index (Phi) is 27.7. The van der Waals surface area contributed by atoms with E-state index in [1.165, 1.54) is 70.3 Å². The van der Waals surface area contributed by atoms with Crippen molar-refractivity contribution in [3.8, 4) is 0 Å². The lowest BCUT2D eigenvalue weighted by Gasteiger charge is -2.67. The van der Waals surface area contributed by atoms with Crippen LogP contribution in [0.4, 0.5) is 11.6 Å². The van der Waals surface area contributed by atoms with Gasteiger partial charge in [-0.2, -0.15) is 4.98 Å². The van der Waals surface area contributed by atoms with Gasteiger partial charge in [0, 0.05) is 68.4 Å². The number of nitrogens with one attached hydrogen (secondary N) is 7. The molecule has 1 unspecified atom stereocenters. The molecule has 4 aliphatic rings. The molecule has 1 aliphatic heterocycles.